The van der Waals surface area contributed by atoms with Crippen LogP contribution in [0.25, 0.3) is 0 Å². The first kappa shape index (κ1) is 18.5. The highest BCUT2D eigenvalue weighted by Gasteiger charge is 2.12. The van der Waals surface area contributed by atoms with Gasteiger partial charge in [0.15, 0.2) is 12.0 Å². The molecule has 10 nitrogen and oxygen atoms in total. The summed E-state index contributed by atoms with van der Waals surface area (Å²) >= 11 is 0. The molecule has 134 valence electrons. The Morgan fingerprint density at radius 1 is 1.28 bits per heavy atom. The van der Waals surface area contributed by atoms with Crippen molar-refractivity contribution in [2.75, 3.05) is 13.2 Å². The summed E-state index contributed by atoms with van der Waals surface area (Å²) in [5.74, 6) is 0.434. The minimum absolute atomic E-state index is 0.0280. The predicted molar refractivity (Wildman–Crippen MR) is 87.6 cm³/mol. The third-order valence-corrected chi connectivity index (χ3v) is 3.25. The summed E-state index contributed by atoms with van der Waals surface area (Å²) in [5.41, 5.74) is 0. The molecule has 0 aliphatic heterocycles. The van der Waals surface area contributed by atoms with E-state index >= 15 is 0 Å². The van der Waals surface area contributed by atoms with Crippen molar-refractivity contribution in [1.82, 2.24) is 9.30 Å². The lowest BCUT2D eigenvalue weighted by Gasteiger charge is -2.01. The molecule has 1 atom stereocenters. The van der Waals surface area contributed by atoms with E-state index in [1.54, 1.807) is 24.5 Å². The van der Waals surface area contributed by atoms with Crippen LogP contribution < -0.4 is 9.92 Å². The number of nitrogens with zero attached hydrogens (tertiary/aromatic N) is 7. The van der Waals surface area contributed by atoms with Gasteiger partial charge in [0.25, 0.3) is 6.33 Å². The van der Waals surface area contributed by atoms with E-state index in [4.69, 9.17) is 10.3 Å². The number of rotatable bonds is 7. The van der Waals surface area contributed by atoms with E-state index in [1.165, 1.54) is 23.3 Å². The van der Waals surface area contributed by atoms with E-state index in [1.807, 2.05) is 11.5 Å². The van der Waals surface area contributed by atoms with Gasteiger partial charge in [-0.1, -0.05) is 11.7 Å². The summed E-state index contributed by atoms with van der Waals surface area (Å²) in [7, 11) is 0. The van der Waals surface area contributed by atoms with Crippen molar-refractivity contribution in [3.63, 3.8) is 0 Å². The minimum atomic E-state index is -0.928. The van der Waals surface area contributed by atoms with Crippen LogP contribution in [0.2, 0.25) is 0 Å². The molecular weight excluding hydrogens is 326 g/mol. The van der Waals surface area contributed by atoms with Gasteiger partial charge in [-0.3, -0.25) is 0 Å². The van der Waals surface area contributed by atoms with Gasteiger partial charge in [-0.15, -0.1) is 15.3 Å². The minimum Gasteiger partial charge on any atom is -0.395 e. The second-order valence-electron chi connectivity index (χ2n) is 5.13. The van der Waals surface area contributed by atoms with Crippen molar-refractivity contribution in [2.24, 2.45) is 20.4 Å². The third-order valence-electron chi connectivity index (χ3n) is 3.25. The van der Waals surface area contributed by atoms with E-state index in [0.717, 1.165) is 4.73 Å². The van der Waals surface area contributed by atoms with Crippen molar-refractivity contribution in [1.29, 1.82) is 0 Å². The summed E-state index contributed by atoms with van der Waals surface area (Å²) in [4.78, 5) is 0. The van der Waals surface area contributed by atoms with E-state index in [0.29, 0.717) is 24.2 Å². The average Bonchev–Trinajstić information content (AvgIpc) is 3.06. The molecule has 0 saturated carbocycles. The molecule has 3 N–H and O–H groups in total. The molecule has 0 aromatic carbocycles. The van der Waals surface area contributed by atoms with Crippen molar-refractivity contribution in [2.45, 2.75) is 26.1 Å². The molecule has 0 amide bonds. The van der Waals surface area contributed by atoms with Crippen LogP contribution in [-0.2, 0) is 6.54 Å². The maximum atomic E-state index is 9.90. The van der Waals surface area contributed by atoms with Gasteiger partial charge in [-0.05, 0) is 12.1 Å². The fourth-order valence-electron chi connectivity index (χ4n) is 1.88. The Labute approximate surface area is 144 Å². The highest BCUT2D eigenvalue weighted by molar-refractivity contribution is 5.81. The first-order valence-corrected chi connectivity index (χ1v) is 7.83. The quantitative estimate of drug-likeness (QED) is 0.164. The number of imidazole rings is 1. The normalized spacial score (nSPS) is 13.3. The lowest BCUT2D eigenvalue weighted by Crippen LogP contribution is -2.39. The van der Waals surface area contributed by atoms with Crippen LogP contribution in [0, 0.1) is 0 Å². The van der Waals surface area contributed by atoms with Gasteiger partial charge in [-0.25, -0.2) is 4.57 Å². The fourth-order valence-corrected chi connectivity index (χ4v) is 1.88. The SMILES string of the molecule is CCC(N=NCC(O)[n+]1ccn(O)c1)=NN=c1ccn(CCO)cc1. The van der Waals surface area contributed by atoms with Crippen LogP contribution in [0.4, 0.5) is 0 Å². The Bertz CT molecular complexity index is 774. The summed E-state index contributed by atoms with van der Waals surface area (Å²) in [6.07, 6.45) is 7.45. The zero-order chi connectivity index (χ0) is 18.1. The molecule has 25 heavy (non-hydrogen) atoms. The van der Waals surface area contributed by atoms with E-state index in [-0.39, 0.29) is 13.2 Å². The van der Waals surface area contributed by atoms with Crippen molar-refractivity contribution in [3.05, 3.63) is 48.6 Å². The molecule has 0 saturated heterocycles. The molecule has 10 heteroatoms. The first-order chi connectivity index (χ1) is 12.1. The summed E-state index contributed by atoms with van der Waals surface area (Å²) in [5, 5.41) is 44.6. The fraction of sp³-hybridized carbons (Fsp3) is 0.400. The number of hydrogen-bond donors (Lipinski definition) is 3. The van der Waals surface area contributed by atoms with Crippen LogP contribution in [0.3, 0.4) is 0 Å². The Hall–Kier alpha value is -2.85. The summed E-state index contributed by atoms with van der Waals surface area (Å²) in [6, 6.07) is 3.56. The number of azo groups is 1. The lowest BCUT2D eigenvalue weighted by atomic mass is 10.4. The number of aliphatic hydroxyl groups is 2. The number of hydrogen-bond acceptors (Lipinski definition) is 6. The lowest BCUT2D eigenvalue weighted by molar-refractivity contribution is -0.757. The Kier molecular flexibility index (Phi) is 6.99. The number of pyridine rings is 1. The smallest absolute Gasteiger partial charge is 0.286 e. The van der Waals surface area contributed by atoms with Gasteiger partial charge >= 0.3 is 0 Å². The molecule has 2 rings (SSSR count). The summed E-state index contributed by atoms with van der Waals surface area (Å²) in [6.45, 7) is 2.51. The van der Waals surface area contributed by atoms with Gasteiger partial charge < -0.3 is 20.0 Å². The molecule has 2 heterocycles. The standard InChI is InChI=1S/C15H22N7O3/c1-2-14(18-16-11-15(24)21-7-8-22(25)12-21)19-17-13-3-5-20(6-4-13)9-10-23/h3-8,12,15,23-25H,2,9-11H2,1H3/q+1. The molecule has 0 aliphatic rings. The molecule has 0 aliphatic carbocycles. The number of amidine groups is 1. The average molecular weight is 348 g/mol. The number of aliphatic hydroxyl groups excluding tert-OH is 2. The van der Waals surface area contributed by atoms with E-state index < -0.39 is 6.23 Å². The predicted octanol–water partition coefficient (Wildman–Crippen LogP) is 0.0742. The second kappa shape index (κ2) is 9.45. The monoisotopic (exact) mass is 348 g/mol. The zero-order valence-electron chi connectivity index (χ0n) is 13.9. The van der Waals surface area contributed by atoms with Crippen LogP contribution in [0.5, 0.6) is 0 Å². The van der Waals surface area contributed by atoms with E-state index in [9.17, 15) is 5.11 Å². The molecule has 0 fully saturated rings. The van der Waals surface area contributed by atoms with Crippen LogP contribution >= 0.6 is 0 Å². The Morgan fingerprint density at radius 2 is 2.04 bits per heavy atom. The molecule has 0 bridgehead atoms. The van der Waals surface area contributed by atoms with Crippen LogP contribution in [-0.4, -0.2) is 43.7 Å². The third kappa shape index (κ3) is 5.94. The van der Waals surface area contributed by atoms with Crippen molar-refractivity contribution < 1.29 is 20.0 Å². The van der Waals surface area contributed by atoms with E-state index in [2.05, 4.69) is 20.4 Å². The van der Waals surface area contributed by atoms with Gasteiger partial charge in [0, 0.05) is 25.4 Å². The highest BCUT2D eigenvalue weighted by atomic mass is 16.5. The highest BCUT2D eigenvalue weighted by Crippen LogP contribution is 1.96. The van der Waals surface area contributed by atoms with Crippen LogP contribution in [0.1, 0.15) is 19.6 Å². The van der Waals surface area contributed by atoms with Crippen LogP contribution in [0.15, 0.2) is 63.7 Å². The maximum Gasteiger partial charge on any atom is 0.286 e. The molecule has 2 aromatic rings. The largest absolute Gasteiger partial charge is 0.395 e. The molecule has 0 radical (unpaired) electrons. The zero-order valence-corrected chi connectivity index (χ0v) is 13.9. The molecule has 0 spiro atoms. The molecule has 2 aromatic heterocycles. The first-order valence-electron chi connectivity index (χ1n) is 7.83. The number of aromatic nitrogens is 3. The Morgan fingerprint density at radius 3 is 2.64 bits per heavy atom. The molecule has 1 unspecified atom stereocenters. The maximum absolute atomic E-state index is 9.90. The Balaban J connectivity index is 1.98. The van der Waals surface area contributed by atoms with Crippen molar-refractivity contribution >= 4 is 5.84 Å². The van der Waals surface area contributed by atoms with Gasteiger partial charge in [0.2, 0.25) is 6.23 Å². The van der Waals surface area contributed by atoms with Gasteiger partial charge in [0.05, 0.1) is 12.0 Å². The summed E-state index contributed by atoms with van der Waals surface area (Å²) < 4.78 is 4.07. The van der Waals surface area contributed by atoms with Gasteiger partial charge in [0.1, 0.15) is 12.7 Å². The van der Waals surface area contributed by atoms with Crippen molar-refractivity contribution in [3.8, 4) is 0 Å². The topological polar surface area (TPSA) is 124 Å². The molecular formula is C15H22N7O3+. The van der Waals surface area contributed by atoms with Gasteiger partial charge in [-0.2, -0.15) is 5.11 Å². The second-order valence-corrected chi connectivity index (χ2v) is 5.13.